The monoisotopic (exact) mass is 456 g/mol. The van der Waals surface area contributed by atoms with Gasteiger partial charge >= 0.3 is 0 Å². The van der Waals surface area contributed by atoms with Gasteiger partial charge in [-0.3, -0.25) is 0 Å². The molecule has 0 bridgehead atoms. The summed E-state index contributed by atoms with van der Waals surface area (Å²) in [6.07, 6.45) is 10.5. The highest BCUT2D eigenvalue weighted by molar-refractivity contribution is 5.71. The molecule has 0 spiro atoms. The van der Waals surface area contributed by atoms with Crippen molar-refractivity contribution in [3.05, 3.63) is 96.3 Å². The van der Waals surface area contributed by atoms with Crippen LogP contribution >= 0.6 is 0 Å². The SMILES string of the molecule is C=CC1CCC(c2ccc(-c3ccc(-c4ccc(COCCCCC)cc4)cc3F)cc2)CC1. The van der Waals surface area contributed by atoms with Crippen molar-refractivity contribution in [3.63, 3.8) is 0 Å². The van der Waals surface area contributed by atoms with E-state index in [0.29, 0.717) is 24.0 Å². The first-order valence-corrected chi connectivity index (χ1v) is 12.9. The maximum absolute atomic E-state index is 15.1. The van der Waals surface area contributed by atoms with Crippen LogP contribution in [0.2, 0.25) is 0 Å². The molecule has 34 heavy (non-hydrogen) atoms. The molecule has 1 nitrogen and oxygen atoms in total. The molecule has 0 atom stereocenters. The van der Waals surface area contributed by atoms with Crippen LogP contribution in [-0.2, 0) is 11.3 Å². The van der Waals surface area contributed by atoms with Crippen molar-refractivity contribution in [2.24, 2.45) is 5.92 Å². The molecule has 4 rings (SSSR count). The van der Waals surface area contributed by atoms with E-state index in [4.69, 9.17) is 4.74 Å². The van der Waals surface area contributed by atoms with Crippen molar-refractivity contribution in [1.82, 2.24) is 0 Å². The van der Waals surface area contributed by atoms with Gasteiger partial charge in [0.1, 0.15) is 5.82 Å². The third-order valence-electron chi connectivity index (χ3n) is 7.22. The van der Waals surface area contributed by atoms with Gasteiger partial charge in [0, 0.05) is 12.2 Å². The van der Waals surface area contributed by atoms with Gasteiger partial charge in [0.05, 0.1) is 6.61 Å². The fraction of sp³-hybridized carbons (Fsp3) is 0.375. The molecule has 0 aliphatic heterocycles. The first-order valence-electron chi connectivity index (χ1n) is 12.9. The zero-order chi connectivity index (χ0) is 23.8. The summed E-state index contributed by atoms with van der Waals surface area (Å²) in [6, 6.07) is 22.3. The maximum Gasteiger partial charge on any atom is 0.131 e. The standard InChI is InChI=1S/C32H37FO/c1-3-5-6-21-34-23-25-9-13-28(14-10-25)30-19-20-31(32(33)22-30)29-17-15-27(16-18-29)26-11-7-24(4-2)8-12-26/h4,9-10,13-20,22,24,26H,2-3,5-8,11-12,21,23H2,1H3. The maximum atomic E-state index is 15.1. The van der Waals surface area contributed by atoms with Crippen molar-refractivity contribution >= 4 is 0 Å². The lowest BCUT2D eigenvalue weighted by molar-refractivity contribution is 0.117. The molecule has 1 aliphatic rings. The van der Waals surface area contributed by atoms with Crippen molar-refractivity contribution in [3.8, 4) is 22.3 Å². The van der Waals surface area contributed by atoms with Crippen molar-refractivity contribution in [2.75, 3.05) is 6.61 Å². The number of ether oxygens (including phenoxy) is 1. The van der Waals surface area contributed by atoms with E-state index in [1.807, 2.05) is 12.1 Å². The highest BCUT2D eigenvalue weighted by atomic mass is 19.1. The number of rotatable bonds is 10. The lowest BCUT2D eigenvalue weighted by atomic mass is 9.78. The predicted molar refractivity (Wildman–Crippen MR) is 141 cm³/mol. The Morgan fingerprint density at radius 2 is 1.53 bits per heavy atom. The first-order chi connectivity index (χ1) is 16.7. The van der Waals surface area contributed by atoms with Gasteiger partial charge < -0.3 is 4.74 Å². The molecule has 0 saturated heterocycles. The third kappa shape index (κ3) is 6.24. The van der Waals surface area contributed by atoms with Gasteiger partial charge in [-0.05, 0) is 77.8 Å². The second-order valence-electron chi connectivity index (χ2n) is 9.62. The van der Waals surface area contributed by atoms with Crippen LogP contribution in [0.25, 0.3) is 22.3 Å². The molecule has 178 valence electrons. The summed E-state index contributed by atoms with van der Waals surface area (Å²) in [5.74, 6) is 1.10. The number of hydrogen-bond acceptors (Lipinski definition) is 1. The van der Waals surface area contributed by atoms with Crippen LogP contribution in [0.5, 0.6) is 0 Å². The van der Waals surface area contributed by atoms with Crippen molar-refractivity contribution < 1.29 is 9.13 Å². The highest BCUT2D eigenvalue weighted by Crippen LogP contribution is 2.37. The lowest BCUT2D eigenvalue weighted by Gasteiger charge is -2.27. The van der Waals surface area contributed by atoms with Crippen LogP contribution < -0.4 is 0 Å². The van der Waals surface area contributed by atoms with E-state index in [1.54, 1.807) is 6.07 Å². The zero-order valence-corrected chi connectivity index (χ0v) is 20.4. The Bertz CT molecular complexity index is 1040. The molecule has 0 heterocycles. The molecule has 0 N–H and O–H groups in total. The second kappa shape index (κ2) is 12.1. The third-order valence-corrected chi connectivity index (χ3v) is 7.22. The van der Waals surface area contributed by atoms with Gasteiger partial charge in [0.15, 0.2) is 0 Å². The van der Waals surface area contributed by atoms with Crippen LogP contribution in [0.3, 0.4) is 0 Å². The van der Waals surface area contributed by atoms with Gasteiger partial charge in [0.25, 0.3) is 0 Å². The molecular weight excluding hydrogens is 419 g/mol. The fourth-order valence-corrected chi connectivity index (χ4v) is 4.99. The minimum Gasteiger partial charge on any atom is -0.377 e. The highest BCUT2D eigenvalue weighted by Gasteiger charge is 2.20. The van der Waals surface area contributed by atoms with E-state index in [1.165, 1.54) is 44.1 Å². The molecule has 0 amide bonds. The topological polar surface area (TPSA) is 9.23 Å². The molecule has 0 unspecified atom stereocenters. The van der Waals surface area contributed by atoms with E-state index in [-0.39, 0.29) is 5.82 Å². The van der Waals surface area contributed by atoms with Gasteiger partial charge in [-0.2, -0.15) is 0 Å². The number of hydrogen-bond donors (Lipinski definition) is 0. The van der Waals surface area contributed by atoms with E-state index in [0.717, 1.165) is 35.3 Å². The smallest absolute Gasteiger partial charge is 0.131 e. The summed E-state index contributed by atoms with van der Waals surface area (Å²) in [6.45, 7) is 7.57. The van der Waals surface area contributed by atoms with E-state index >= 15 is 4.39 Å². The Kier molecular flexibility index (Phi) is 8.71. The van der Waals surface area contributed by atoms with Gasteiger partial charge in [-0.1, -0.05) is 86.5 Å². The number of halogens is 1. The molecule has 1 fully saturated rings. The van der Waals surface area contributed by atoms with E-state index in [2.05, 4.69) is 68.1 Å². The van der Waals surface area contributed by atoms with Gasteiger partial charge in [-0.15, -0.1) is 6.58 Å². The zero-order valence-electron chi connectivity index (χ0n) is 20.4. The van der Waals surface area contributed by atoms with Crippen molar-refractivity contribution in [2.45, 2.75) is 64.4 Å². The van der Waals surface area contributed by atoms with Crippen LogP contribution in [0, 0.1) is 11.7 Å². The van der Waals surface area contributed by atoms with Crippen LogP contribution in [0.4, 0.5) is 4.39 Å². The summed E-state index contributed by atoms with van der Waals surface area (Å²) in [4.78, 5) is 0. The molecule has 0 aromatic heterocycles. The largest absolute Gasteiger partial charge is 0.377 e. The Hall–Kier alpha value is -2.71. The predicted octanol–water partition coefficient (Wildman–Crippen LogP) is 9.33. The van der Waals surface area contributed by atoms with E-state index < -0.39 is 0 Å². The summed E-state index contributed by atoms with van der Waals surface area (Å²) in [5, 5.41) is 0. The fourth-order valence-electron chi connectivity index (χ4n) is 4.99. The van der Waals surface area contributed by atoms with E-state index in [9.17, 15) is 0 Å². The molecule has 0 radical (unpaired) electrons. The van der Waals surface area contributed by atoms with Crippen LogP contribution in [-0.4, -0.2) is 6.61 Å². The van der Waals surface area contributed by atoms with Gasteiger partial charge in [0.2, 0.25) is 0 Å². The lowest BCUT2D eigenvalue weighted by Crippen LogP contribution is -2.11. The molecule has 1 saturated carbocycles. The van der Waals surface area contributed by atoms with Crippen LogP contribution in [0.1, 0.15) is 68.9 Å². The normalized spacial score (nSPS) is 18.1. The molecular formula is C32H37FO. The Balaban J connectivity index is 1.39. The average molecular weight is 457 g/mol. The summed E-state index contributed by atoms with van der Waals surface area (Å²) in [5.41, 5.74) is 6.02. The van der Waals surface area contributed by atoms with Crippen molar-refractivity contribution in [1.29, 1.82) is 0 Å². The number of unbranched alkanes of at least 4 members (excludes halogenated alkanes) is 2. The average Bonchev–Trinajstić information content (AvgIpc) is 2.89. The van der Waals surface area contributed by atoms with Gasteiger partial charge in [-0.25, -0.2) is 4.39 Å². The summed E-state index contributed by atoms with van der Waals surface area (Å²) < 4.78 is 20.8. The minimum atomic E-state index is -0.180. The Morgan fingerprint density at radius 1 is 0.853 bits per heavy atom. The molecule has 3 aromatic rings. The summed E-state index contributed by atoms with van der Waals surface area (Å²) >= 11 is 0. The molecule has 3 aromatic carbocycles. The quantitative estimate of drug-likeness (QED) is 0.218. The minimum absolute atomic E-state index is 0.180. The number of allylic oxidation sites excluding steroid dienone is 1. The second-order valence-corrected chi connectivity index (χ2v) is 9.62. The van der Waals surface area contributed by atoms with Crippen LogP contribution in [0.15, 0.2) is 79.4 Å². The number of benzene rings is 3. The molecule has 2 heteroatoms. The molecule has 1 aliphatic carbocycles. The summed E-state index contributed by atoms with van der Waals surface area (Å²) in [7, 11) is 0. The first kappa shape index (κ1) is 24.4. The Morgan fingerprint density at radius 3 is 2.18 bits per heavy atom. The Labute approximate surface area is 204 Å².